The normalized spacial score (nSPS) is 11.9. The second-order valence-corrected chi connectivity index (χ2v) is 10.5. The number of fused-ring (bicyclic) bond motifs is 4. The molecule has 9 aromatic rings. The van der Waals surface area contributed by atoms with Crippen molar-refractivity contribution >= 4 is 54.3 Å². The summed E-state index contributed by atoms with van der Waals surface area (Å²) in [6.45, 7) is 0. The van der Waals surface area contributed by atoms with Gasteiger partial charge in [0.1, 0.15) is 11.2 Å². The first-order valence-corrected chi connectivity index (χ1v) is 13.7. The summed E-state index contributed by atoms with van der Waals surface area (Å²) in [7, 11) is 0. The summed E-state index contributed by atoms with van der Waals surface area (Å²) in [5.41, 5.74) is 4.73. The maximum Gasteiger partial charge on any atom is 0.164 e. The van der Waals surface area contributed by atoms with Crippen LogP contribution in [-0.2, 0) is 0 Å². The number of hydrogen-bond acceptors (Lipinski definition) is 4. The number of nitrogens with zero attached hydrogens (tertiary/aromatic N) is 3. The average molecular weight is 524 g/mol. The highest BCUT2D eigenvalue weighted by Crippen LogP contribution is 2.43. The predicted octanol–water partition coefficient (Wildman–Crippen LogP) is 9.67. The molecule has 190 valence electrons. The summed E-state index contributed by atoms with van der Waals surface area (Å²) < 4.78 is 6.23. The van der Waals surface area contributed by atoms with Crippen LogP contribution in [0, 0.1) is 0 Å². The van der Waals surface area contributed by atoms with Crippen LogP contribution in [0.5, 0.6) is 0 Å². The van der Waals surface area contributed by atoms with Gasteiger partial charge in [0.15, 0.2) is 17.5 Å². The van der Waals surface area contributed by atoms with Gasteiger partial charge in [-0.15, -0.1) is 0 Å². The van der Waals surface area contributed by atoms with E-state index in [1.54, 1.807) is 0 Å². The Hall–Kier alpha value is -5.61. The molecule has 0 aliphatic rings. The van der Waals surface area contributed by atoms with Gasteiger partial charge in [-0.1, -0.05) is 97.1 Å². The lowest BCUT2D eigenvalue weighted by molar-refractivity contribution is 0.669. The van der Waals surface area contributed by atoms with E-state index in [1.165, 1.54) is 37.7 Å². The van der Waals surface area contributed by atoms with Crippen LogP contribution in [-0.4, -0.2) is 15.0 Å². The van der Waals surface area contributed by atoms with E-state index in [9.17, 15) is 0 Å². The molecule has 2 heterocycles. The molecule has 9 rings (SSSR count). The van der Waals surface area contributed by atoms with Crippen molar-refractivity contribution in [2.45, 2.75) is 0 Å². The zero-order valence-corrected chi connectivity index (χ0v) is 21.9. The molecule has 7 aromatic carbocycles. The lowest BCUT2D eigenvalue weighted by Crippen LogP contribution is -2.00. The largest absolute Gasteiger partial charge is 0.456 e. The minimum absolute atomic E-state index is 0.654. The average Bonchev–Trinajstić information content (AvgIpc) is 3.44. The van der Waals surface area contributed by atoms with Crippen molar-refractivity contribution in [2.24, 2.45) is 0 Å². The van der Waals surface area contributed by atoms with Crippen molar-refractivity contribution in [3.8, 4) is 34.2 Å². The molecule has 0 saturated carbocycles. The van der Waals surface area contributed by atoms with Gasteiger partial charge in [0, 0.05) is 27.5 Å². The Morgan fingerprint density at radius 1 is 0.366 bits per heavy atom. The molecule has 0 unspecified atom stereocenters. The van der Waals surface area contributed by atoms with Gasteiger partial charge in [0.2, 0.25) is 0 Å². The van der Waals surface area contributed by atoms with E-state index < -0.39 is 0 Å². The molecule has 0 atom stereocenters. The second kappa shape index (κ2) is 8.44. The summed E-state index contributed by atoms with van der Waals surface area (Å²) >= 11 is 0. The van der Waals surface area contributed by atoms with Crippen LogP contribution in [0.25, 0.3) is 88.4 Å². The van der Waals surface area contributed by atoms with Gasteiger partial charge in [-0.2, -0.15) is 0 Å². The van der Waals surface area contributed by atoms with Gasteiger partial charge in [0.05, 0.1) is 0 Å². The van der Waals surface area contributed by atoms with Gasteiger partial charge in [0.25, 0.3) is 0 Å². The lowest BCUT2D eigenvalue weighted by atomic mass is 9.92. The van der Waals surface area contributed by atoms with Crippen molar-refractivity contribution in [1.82, 2.24) is 15.0 Å². The van der Waals surface area contributed by atoms with Crippen LogP contribution in [0.1, 0.15) is 0 Å². The van der Waals surface area contributed by atoms with Crippen LogP contribution < -0.4 is 0 Å². The van der Waals surface area contributed by atoms with E-state index >= 15 is 0 Å². The number of rotatable bonds is 3. The van der Waals surface area contributed by atoms with Gasteiger partial charge in [-0.05, 0) is 62.6 Å². The molecular formula is C37H21N3O. The van der Waals surface area contributed by atoms with Crippen LogP contribution in [0.2, 0.25) is 0 Å². The SMILES string of the molecule is c1ccc(-c2nc(-c3ccccc3)nc(-c3ccc4cc5c(cc4c3)c3cccc4oc6cccc5c6c43)n2)cc1. The highest BCUT2D eigenvalue weighted by atomic mass is 16.3. The highest BCUT2D eigenvalue weighted by molar-refractivity contribution is 6.34. The van der Waals surface area contributed by atoms with Crippen molar-refractivity contribution < 1.29 is 4.42 Å². The fraction of sp³-hybridized carbons (Fsp3) is 0. The lowest BCUT2D eigenvalue weighted by Gasteiger charge is -2.11. The third-order valence-corrected chi connectivity index (χ3v) is 8.04. The van der Waals surface area contributed by atoms with E-state index in [1.807, 2.05) is 60.7 Å². The molecule has 0 saturated heterocycles. The maximum absolute atomic E-state index is 6.23. The number of benzene rings is 7. The number of aromatic nitrogens is 3. The summed E-state index contributed by atoms with van der Waals surface area (Å²) in [5.74, 6) is 1.97. The van der Waals surface area contributed by atoms with E-state index in [2.05, 4.69) is 66.7 Å². The second-order valence-electron chi connectivity index (χ2n) is 10.5. The Bertz CT molecular complexity index is 2350. The summed E-state index contributed by atoms with van der Waals surface area (Å²) in [6, 6.07) is 43.9. The minimum atomic E-state index is 0.654. The topological polar surface area (TPSA) is 51.8 Å². The molecule has 0 aliphatic heterocycles. The molecule has 0 radical (unpaired) electrons. The molecule has 2 aromatic heterocycles. The fourth-order valence-corrected chi connectivity index (χ4v) is 6.14. The van der Waals surface area contributed by atoms with Crippen LogP contribution >= 0.6 is 0 Å². The number of furan rings is 1. The zero-order valence-electron chi connectivity index (χ0n) is 21.9. The first-order valence-electron chi connectivity index (χ1n) is 13.7. The summed E-state index contributed by atoms with van der Waals surface area (Å²) in [5, 5.41) is 9.58. The Morgan fingerprint density at radius 3 is 1.44 bits per heavy atom. The van der Waals surface area contributed by atoms with Gasteiger partial charge >= 0.3 is 0 Å². The van der Waals surface area contributed by atoms with Gasteiger partial charge in [-0.3, -0.25) is 0 Å². The first-order chi connectivity index (χ1) is 20.3. The van der Waals surface area contributed by atoms with Crippen LogP contribution in [0.4, 0.5) is 0 Å². The van der Waals surface area contributed by atoms with Crippen molar-refractivity contribution in [3.05, 3.63) is 127 Å². The minimum Gasteiger partial charge on any atom is -0.456 e. The Balaban J connectivity index is 1.29. The van der Waals surface area contributed by atoms with Crippen LogP contribution in [0.15, 0.2) is 132 Å². The molecule has 4 heteroatoms. The quantitative estimate of drug-likeness (QED) is 0.171. The van der Waals surface area contributed by atoms with E-state index in [-0.39, 0.29) is 0 Å². The van der Waals surface area contributed by atoms with Gasteiger partial charge < -0.3 is 4.42 Å². The molecule has 0 bridgehead atoms. The zero-order chi connectivity index (χ0) is 26.9. The maximum atomic E-state index is 6.23. The summed E-state index contributed by atoms with van der Waals surface area (Å²) in [6.07, 6.45) is 0. The Labute approximate surface area is 234 Å². The fourth-order valence-electron chi connectivity index (χ4n) is 6.14. The molecule has 0 N–H and O–H groups in total. The Morgan fingerprint density at radius 2 is 0.878 bits per heavy atom. The molecule has 41 heavy (non-hydrogen) atoms. The van der Waals surface area contributed by atoms with Crippen molar-refractivity contribution in [1.29, 1.82) is 0 Å². The molecule has 4 nitrogen and oxygen atoms in total. The van der Waals surface area contributed by atoms with Gasteiger partial charge in [-0.25, -0.2) is 15.0 Å². The first kappa shape index (κ1) is 22.2. The third kappa shape index (κ3) is 3.38. The molecular weight excluding hydrogens is 502 g/mol. The molecule has 0 aliphatic carbocycles. The smallest absolute Gasteiger partial charge is 0.164 e. The van der Waals surface area contributed by atoms with Crippen LogP contribution in [0.3, 0.4) is 0 Å². The molecule has 0 amide bonds. The van der Waals surface area contributed by atoms with E-state index in [0.717, 1.165) is 33.2 Å². The standard InChI is InChI=1S/C37H21N3O/c1-3-9-22(10-4-1)35-38-36(23-11-5-2-6-12-23)40-37(39-35)25-18-17-24-20-29-27-13-7-15-31-33(27)34-28(14-8-16-32(34)41-31)30(29)21-26(24)19-25/h1-21H. The number of hydrogen-bond donors (Lipinski definition) is 0. The highest BCUT2D eigenvalue weighted by Gasteiger charge is 2.18. The Kier molecular flexibility index (Phi) is 4.58. The summed E-state index contributed by atoms with van der Waals surface area (Å²) in [4.78, 5) is 14.7. The monoisotopic (exact) mass is 523 g/mol. The third-order valence-electron chi connectivity index (χ3n) is 8.04. The molecule has 0 fully saturated rings. The van der Waals surface area contributed by atoms with E-state index in [4.69, 9.17) is 19.4 Å². The molecule has 0 spiro atoms. The van der Waals surface area contributed by atoms with Crippen molar-refractivity contribution in [2.75, 3.05) is 0 Å². The van der Waals surface area contributed by atoms with Crippen molar-refractivity contribution in [3.63, 3.8) is 0 Å². The van der Waals surface area contributed by atoms with E-state index in [0.29, 0.717) is 17.5 Å². The predicted molar refractivity (Wildman–Crippen MR) is 167 cm³/mol.